The van der Waals surface area contributed by atoms with Crippen molar-refractivity contribution in [2.45, 2.75) is 19.0 Å². The van der Waals surface area contributed by atoms with E-state index in [0.717, 1.165) is 43.8 Å². The Bertz CT molecular complexity index is 688. The van der Waals surface area contributed by atoms with E-state index in [-0.39, 0.29) is 0 Å². The summed E-state index contributed by atoms with van der Waals surface area (Å²) >= 11 is 0. The highest BCUT2D eigenvalue weighted by Crippen LogP contribution is 2.30. The summed E-state index contributed by atoms with van der Waals surface area (Å²) in [5, 5.41) is 3.16. The summed E-state index contributed by atoms with van der Waals surface area (Å²) in [5.41, 5.74) is 0.735. The van der Waals surface area contributed by atoms with Gasteiger partial charge < -0.3 is 10.2 Å². The summed E-state index contributed by atoms with van der Waals surface area (Å²) in [5.74, 6) is 0.665. The zero-order valence-electron chi connectivity index (χ0n) is 13.1. The molecule has 0 amide bonds. The van der Waals surface area contributed by atoms with Gasteiger partial charge in [0.05, 0.1) is 11.3 Å². The summed E-state index contributed by atoms with van der Waals surface area (Å²) in [6, 6.07) is 14.5. The van der Waals surface area contributed by atoms with Gasteiger partial charge in [-0.1, -0.05) is 18.2 Å². The molecular weight excluding hydrogens is 315 g/mol. The smallest absolute Gasteiger partial charge is 0.342 e. The Kier molecular flexibility index (Phi) is 4.74. The molecule has 0 spiro atoms. The lowest BCUT2D eigenvalue weighted by molar-refractivity contribution is -0.137. The zero-order chi connectivity index (χ0) is 17.0. The first-order valence-electron chi connectivity index (χ1n) is 7.85. The van der Waals surface area contributed by atoms with Gasteiger partial charge in [-0.25, -0.2) is 4.99 Å². The maximum Gasteiger partial charge on any atom is 0.416 e. The van der Waals surface area contributed by atoms with Gasteiger partial charge >= 0.3 is 6.18 Å². The Morgan fingerprint density at radius 1 is 0.917 bits per heavy atom. The number of likely N-dealkylation sites (tertiary alicyclic amines) is 1. The number of nitrogens with one attached hydrogen (secondary N) is 1. The molecule has 2 aromatic carbocycles. The van der Waals surface area contributed by atoms with Gasteiger partial charge in [-0.3, -0.25) is 0 Å². The highest BCUT2D eigenvalue weighted by molar-refractivity contribution is 5.95. The molecule has 0 radical (unpaired) electrons. The Morgan fingerprint density at radius 2 is 1.54 bits per heavy atom. The zero-order valence-corrected chi connectivity index (χ0v) is 13.1. The van der Waals surface area contributed by atoms with E-state index in [2.05, 4.69) is 15.2 Å². The van der Waals surface area contributed by atoms with E-state index in [1.165, 1.54) is 12.1 Å². The van der Waals surface area contributed by atoms with E-state index >= 15 is 0 Å². The second-order valence-corrected chi connectivity index (χ2v) is 5.67. The highest BCUT2D eigenvalue weighted by atomic mass is 19.4. The summed E-state index contributed by atoms with van der Waals surface area (Å²) in [6.07, 6.45) is -2.15. The standard InChI is InChI=1S/C18H18F3N3/c19-18(20,21)14-8-10-16(11-9-14)23-17(24-12-4-5-13-24)22-15-6-2-1-3-7-15/h1-3,6-11H,4-5,12-13H2,(H,22,23). The first-order valence-corrected chi connectivity index (χ1v) is 7.85. The van der Waals surface area contributed by atoms with Crippen LogP contribution in [0.4, 0.5) is 24.5 Å². The molecule has 0 aliphatic carbocycles. The second kappa shape index (κ2) is 6.95. The van der Waals surface area contributed by atoms with Gasteiger partial charge in [0.25, 0.3) is 0 Å². The van der Waals surface area contributed by atoms with Gasteiger partial charge in [-0.05, 0) is 49.2 Å². The predicted octanol–water partition coefficient (Wildman–Crippen LogP) is 4.90. The average molecular weight is 333 g/mol. The number of para-hydroxylation sites is 1. The van der Waals surface area contributed by atoms with E-state index in [4.69, 9.17) is 0 Å². The van der Waals surface area contributed by atoms with Gasteiger partial charge in [-0.2, -0.15) is 13.2 Å². The first kappa shape index (κ1) is 16.4. The lowest BCUT2D eigenvalue weighted by Gasteiger charge is -2.21. The third-order valence-electron chi connectivity index (χ3n) is 3.87. The molecule has 1 fully saturated rings. The third-order valence-corrected chi connectivity index (χ3v) is 3.87. The lowest BCUT2D eigenvalue weighted by Crippen LogP contribution is -2.33. The molecule has 3 rings (SSSR count). The molecule has 0 aromatic heterocycles. The Morgan fingerprint density at radius 3 is 2.12 bits per heavy atom. The van der Waals surface area contributed by atoms with Crippen LogP contribution in [0.5, 0.6) is 0 Å². The number of aliphatic imine (C=N–C) groups is 1. The number of hydrogen-bond donors (Lipinski definition) is 1. The Hall–Kier alpha value is -2.50. The van der Waals surface area contributed by atoms with Crippen LogP contribution >= 0.6 is 0 Å². The van der Waals surface area contributed by atoms with Gasteiger partial charge in [0, 0.05) is 18.8 Å². The lowest BCUT2D eigenvalue weighted by atomic mass is 10.2. The molecule has 1 saturated heterocycles. The van der Waals surface area contributed by atoms with Crippen molar-refractivity contribution in [3.05, 3.63) is 60.2 Å². The van der Waals surface area contributed by atoms with Crippen molar-refractivity contribution >= 4 is 17.3 Å². The maximum atomic E-state index is 12.7. The van der Waals surface area contributed by atoms with Crippen LogP contribution < -0.4 is 5.32 Å². The summed E-state index contributed by atoms with van der Waals surface area (Å²) in [6.45, 7) is 1.78. The minimum atomic E-state index is -4.32. The number of rotatable bonds is 2. The summed E-state index contributed by atoms with van der Waals surface area (Å²) in [7, 11) is 0. The quantitative estimate of drug-likeness (QED) is 0.625. The summed E-state index contributed by atoms with van der Waals surface area (Å²) < 4.78 is 38.0. The third kappa shape index (κ3) is 4.07. The average Bonchev–Trinajstić information content (AvgIpc) is 3.09. The number of guanidine groups is 1. The number of alkyl halides is 3. The van der Waals surface area contributed by atoms with Crippen LogP contribution in [-0.4, -0.2) is 23.9 Å². The van der Waals surface area contributed by atoms with Gasteiger partial charge in [0.15, 0.2) is 0 Å². The molecule has 2 aromatic rings. The molecule has 3 nitrogen and oxygen atoms in total. The fourth-order valence-electron chi connectivity index (χ4n) is 2.60. The molecule has 1 N–H and O–H groups in total. The number of halogens is 3. The molecule has 6 heteroatoms. The number of benzene rings is 2. The van der Waals surface area contributed by atoms with Gasteiger partial charge in [0.2, 0.25) is 5.96 Å². The highest BCUT2D eigenvalue weighted by Gasteiger charge is 2.30. The van der Waals surface area contributed by atoms with Crippen LogP contribution in [0, 0.1) is 0 Å². The SMILES string of the molecule is FC(F)(F)c1ccc(NC(=Nc2ccccc2)N2CCCC2)cc1. The van der Waals surface area contributed by atoms with Crippen LogP contribution in [0.1, 0.15) is 18.4 Å². The molecule has 1 aliphatic heterocycles. The van der Waals surface area contributed by atoms with Crippen LogP contribution in [0.2, 0.25) is 0 Å². The van der Waals surface area contributed by atoms with Gasteiger partial charge in [-0.15, -0.1) is 0 Å². The van der Waals surface area contributed by atoms with Crippen LogP contribution in [0.3, 0.4) is 0 Å². The molecule has 0 bridgehead atoms. The Labute approximate surface area is 138 Å². The minimum absolute atomic E-state index is 0.588. The van der Waals surface area contributed by atoms with Crippen LogP contribution in [0.15, 0.2) is 59.6 Å². The van der Waals surface area contributed by atoms with Crippen molar-refractivity contribution in [1.82, 2.24) is 4.90 Å². The van der Waals surface area contributed by atoms with E-state index < -0.39 is 11.7 Å². The van der Waals surface area contributed by atoms with Crippen LogP contribution in [-0.2, 0) is 6.18 Å². The van der Waals surface area contributed by atoms with E-state index in [0.29, 0.717) is 11.6 Å². The van der Waals surface area contributed by atoms with Crippen LogP contribution in [0.25, 0.3) is 0 Å². The fourth-order valence-corrected chi connectivity index (χ4v) is 2.60. The van der Waals surface area contributed by atoms with E-state index in [1.807, 2.05) is 30.3 Å². The molecule has 24 heavy (non-hydrogen) atoms. The largest absolute Gasteiger partial charge is 0.416 e. The van der Waals surface area contributed by atoms with Crippen molar-refractivity contribution < 1.29 is 13.2 Å². The molecule has 0 saturated carbocycles. The van der Waals surface area contributed by atoms with Crippen molar-refractivity contribution in [1.29, 1.82) is 0 Å². The summed E-state index contributed by atoms with van der Waals surface area (Å²) in [4.78, 5) is 6.73. The topological polar surface area (TPSA) is 27.6 Å². The maximum absolute atomic E-state index is 12.7. The molecule has 0 atom stereocenters. The first-order chi connectivity index (χ1) is 11.5. The molecule has 1 aliphatic rings. The second-order valence-electron chi connectivity index (χ2n) is 5.67. The van der Waals surface area contributed by atoms with Gasteiger partial charge in [0.1, 0.15) is 0 Å². The molecule has 1 heterocycles. The normalized spacial score (nSPS) is 15.6. The number of nitrogens with zero attached hydrogens (tertiary/aromatic N) is 2. The minimum Gasteiger partial charge on any atom is -0.342 e. The predicted molar refractivity (Wildman–Crippen MR) is 89.4 cm³/mol. The fraction of sp³-hybridized carbons (Fsp3) is 0.278. The molecule has 126 valence electrons. The van der Waals surface area contributed by atoms with E-state index in [1.54, 1.807) is 0 Å². The molecule has 0 unspecified atom stereocenters. The monoisotopic (exact) mass is 333 g/mol. The van der Waals surface area contributed by atoms with Crippen molar-refractivity contribution in [2.24, 2.45) is 4.99 Å². The van der Waals surface area contributed by atoms with Crippen molar-refractivity contribution in [2.75, 3.05) is 18.4 Å². The number of anilines is 1. The molecular formula is C18H18F3N3. The van der Waals surface area contributed by atoms with Crippen molar-refractivity contribution in [3.63, 3.8) is 0 Å². The Balaban J connectivity index is 1.83. The van der Waals surface area contributed by atoms with Crippen molar-refractivity contribution in [3.8, 4) is 0 Å². The number of hydrogen-bond acceptors (Lipinski definition) is 1. The van der Waals surface area contributed by atoms with E-state index in [9.17, 15) is 13.2 Å².